The first kappa shape index (κ1) is 16.7. The molecular weight excluding hydrogens is 314 g/mol. The van der Waals surface area contributed by atoms with Crippen molar-refractivity contribution in [2.24, 2.45) is 39.7 Å². The fourth-order valence-corrected chi connectivity index (χ4v) is 6.79. The number of carbonyl (C=O) groups is 2. The van der Waals surface area contributed by atoms with Crippen LogP contribution in [0.3, 0.4) is 0 Å². The molecule has 0 bridgehead atoms. The minimum atomic E-state index is -0.298. The van der Waals surface area contributed by atoms with Gasteiger partial charge >= 0.3 is 0 Å². The van der Waals surface area contributed by atoms with E-state index in [2.05, 4.69) is 19.0 Å². The molecule has 4 heteroatoms. The van der Waals surface area contributed by atoms with Crippen LogP contribution in [0.2, 0.25) is 0 Å². The summed E-state index contributed by atoms with van der Waals surface area (Å²) in [6.45, 7) is 6.26. The smallest absolute Gasteiger partial charge is 0.178 e. The van der Waals surface area contributed by atoms with Gasteiger partial charge in [0.05, 0.1) is 5.71 Å². The molecule has 0 spiro atoms. The number of nitrogens with zero attached hydrogens (tertiary/aromatic N) is 1. The Kier molecular flexibility index (Phi) is 3.61. The molecule has 0 amide bonds. The largest absolute Gasteiger partial charge is 0.411 e. The van der Waals surface area contributed by atoms with Gasteiger partial charge in [-0.05, 0) is 62.0 Å². The van der Waals surface area contributed by atoms with Crippen molar-refractivity contribution in [2.75, 3.05) is 0 Å². The first-order valence-corrected chi connectivity index (χ1v) is 9.47. The molecule has 4 nitrogen and oxygen atoms in total. The van der Waals surface area contributed by atoms with Gasteiger partial charge in [-0.1, -0.05) is 30.7 Å². The Morgan fingerprint density at radius 3 is 2.72 bits per heavy atom. The van der Waals surface area contributed by atoms with E-state index < -0.39 is 0 Å². The maximum absolute atomic E-state index is 13.3. The van der Waals surface area contributed by atoms with Crippen molar-refractivity contribution >= 4 is 17.3 Å². The summed E-state index contributed by atoms with van der Waals surface area (Å²) in [6, 6.07) is 0. The number of fused-ring (bicyclic) bond motifs is 5. The van der Waals surface area contributed by atoms with Crippen molar-refractivity contribution in [3.05, 3.63) is 23.8 Å². The van der Waals surface area contributed by atoms with Crippen LogP contribution in [0.25, 0.3) is 0 Å². The van der Waals surface area contributed by atoms with Crippen molar-refractivity contribution in [2.45, 2.75) is 52.9 Å². The van der Waals surface area contributed by atoms with E-state index in [4.69, 9.17) is 0 Å². The van der Waals surface area contributed by atoms with E-state index in [-0.39, 0.29) is 28.4 Å². The molecule has 0 aromatic heterocycles. The molecule has 0 aromatic carbocycles. The predicted molar refractivity (Wildman–Crippen MR) is 95.4 cm³/mol. The van der Waals surface area contributed by atoms with Gasteiger partial charge in [-0.3, -0.25) is 9.59 Å². The van der Waals surface area contributed by atoms with E-state index in [9.17, 15) is 14.8 Å². The number of ketones is 2. The van der Waals surface area contributed by atoms with Crippen molar-refractivity contribution in [3.8, 4) is 0 Å². The van der Waals surface area contributed by atoms with Gasteiger partial charge in [0.2, 0.25) is 0 Å². The molecule has 0 radical (unpaired) electrons. The molecule has 25 heavy (non-hydrogen) atoms. The lowest BCUT2D eigenvalue weighted by Crippen LogP contribution is -2.54. The molecule has 4 rings (SSSR count). The highest BCUT2D eigenvalue weighted by atomic mass is 16.4. The number of rotatable bonds is 1. The number of oxime groups is 1. The second kappa shape index (κ2) is 5.39. The van der Waals surface area contributed by atoms with Crippen LogP contribution in [0.4, 0.5) is 0 Å². The normalized spacial score (nSPS) is 46.4. The molecule has 3 fully saturated rings. The monoisotopic (exact) mass is 341 g/mol. The molecular formula is C21H27NO3. The summed E-state index contributed by atoms with van der Waals surface area (Å²) < 4.78 is 0. The average Bonchev–Trinajstić information content (AvgIpc) is 2.91. The molecule has 3 saturated carbocycles. The van der Waals surface area contributed by atoms with Gasteiger partial charge in [0.25, 0.3) is 0 Å². The average molecular weight is 341 g/mol. The molecule has 0 saturated heterocycles. The number of hydrogen-bond donors (Lipinski definition) is 1. The number of Topliss-reactive ketones (excluding diaryl/α,β-unsaturated/α-hetero) is 1. The van der Waals surface area contributed by atoms with Gasteiger partial charge in [0, 0.05) is 23.7 Å². The van der Waals surface area contributed by atoms with E-state index >= 15 is 0 Å². The summed E-state index contributed by atoms with van der Waals surface area (Å²) in [4.78, 5) is 25.1. The van der Waals surface area contributed by atoms with Gasteiger partial charge in [0.15, 0.2) is 5.78 Å². The lowest BCUT2D eigenvalue weighted by Gasteiger charge is -2.55. The molecule has 4 aliphatic carbocycles. The Hall–Kier alpha value is -1.71. The second-order valence-corrected chi connectivity index (χ2v) is 8.99. The summed E-state index contributed by atoms with van der Waals surface area (Å²) in [7, 11) is 0. The quantitative estimate of drug-likeness (QED) is 0.446. The van der Waals surface area contributed by atoms with E-state index in [1.54, 1.807) is 12.2 Å². The van der Waals surface area contributed by atoms with Crippen molar-refractivity contribution < 1.29 is 14.8 Å². The molecule has 134 valence electrons. The Balaban J connectivity index is 1.74. The van der Waals surface area contributed by atoms with E-state index in [1.807, 2.05) is 13.0 Å². The summed E-state index contributed by atoms with van der Waals surface area (Å²) in [6.07, 6.45) is 9.95. The van der Waals surface area contributed by atoms with Crippen LogP contribution in [0.15, 0.2) is 29.0 Å². The summed E-state index contributed by atoms with van der Waals surface area (Å²) in [5, 5.41) is 12.7. The SMILES string of the molecule is CC(=NO)[C@H]1CC[C@H]2[C@@H]3CCC4=CC(=O)C=C[C@]4(C)[C@H]3C(=O)C[C@]12C. The highest BCUT2D eigenvalue weighted by Crippen LogP contribution is 2.65. The van der Waals surface area contributed by atoms with Crippen molar-refractivity contribution in [3.63, 3.8) is 0 Å². The summed E-state index contributed by atoms with van der Waals surface area (Å²) >= 11 is 0. The number of allylic oxidation sites excluding steroid dienone is 4. The van der Waals surface area contributed by atoms with Crippen molar-refractivity contribution in [1.29, 1.82) is 0 Å². The Bertz CT molecular complexity index is 733. The van der Waals surface area contributed by atoms with Crippen molar-refractivity contribution in [1.82, 2.24) is 0 Å². The van der Waals surface area contributed by atoms with E-state index in [0.717, 1.165) is 37.0 Å². The molecule has 0 aromatic rings. The standard InChI is InChI=1S/C21H27NO3/c1-12(22-25)16-6-7-17-15-5-4-13-10-14(23)8-9-20(13,2)19(15)18(24)11-21(16,17)3/h8-10,15-17,19,25H,4-7,11H2,1-3H3/t15-,16+,17-,19+,20-,21+/m0/s1. The highest BCUT2D eigenvalue weighted by molar-refractivity contribution is 6.01. The fraction of sp³-hybridized carbons (Fsp3) is 0.667. The minimum absolute atomic E-state index is 0.0138. The van der Waals surface area contributed by atoms with Gasteiger partial charge in [-0.15, -0.1) is 0 Å². The zero-order valence-corrected chi connectivity index (χ0v) is 15.3. The van der Waals surface area contributed by atoms with Crippen LogP contribution < -0.4 is 0 Å². The van der Waals surface area contributed by atoms with Gasteiger partial charge in [-0.25, -0.2) is 0 Å². The molecule has 4 aliphatic rings. The molecule has 6 atom stereocenters. The van der Waals surface area contributed by atoms with Gasteiger partial charge in [-0.2, -0.15) is 0 Å². The maximum Gasteiger partial charge on any atom is 0.178 e. The lowest BCUT2D eigenvalue weighted by atomic mass is 9.47. The van der Waals surface area contributed by atoms with Crippen LogP contribution >= 0.6 is 0 Å². The number of carbonyl (C=O) groups excluding carboxylic acids is 2. The highest BCUT2D eigenvalue weighted by Gasteiger charge is 2.62. The lowest BCUT2D eigenvalue weighted by molar-refractivity contribution is -0.141. The van der Waals surface area contributed by atoms with Gasteiger partial charge in [0.1, 0.15) is 5.78 Å². The van der Waals surface area contributed by atoms with Crippen LogP contribution in [-0.4, -0.2) is 22.5 Å². The minimum Gasteiger partial charge on any atom is -0.411 e. The molecule has 0 aliphatic heterocycles. The summed E-state index contributed by atoms with van der Waals surface area (Å²) in [5.41, 5.74) is 1.51. The van der Waals surface area contributed by atoms with Gasteiger partial charge < -0.3 is 5.21 Å². The Labute approximate surface area is 149 Å². The topological polar surface area (TPSA) is 66.7 Å². The second-order valence-electron chi connectivity index (χ2n) is 8.99. The first-order valence-electron chi connectivity index (χ1n) is 9.47. The third-order valence-electron chi connectivity index (χ3n) is 7.91. The maximum atomic E-state index is 13.3. The van der Waals surface area contributed by atoms with Crippen LogP contribution in [0.5, 0.6) is 0 Å². The third-order valence-corrected chi connectivity index (χ3v) is 7.91. The zero-order valence-electron chi connectivity index (χ0n) is 15.3. The Morgan fingerprint density at radius 2 is 2.00 bits per heavy atom. The summed E-state index contributed by atoms with van der Waals surface area (Å²) in [5.74, 6) is 1.41. The van der Waals surface area contributed by atoms with Crippen LogP contribution in [0.1, 0.15) is 52.9 Å². The number of hydrogen-bond acceptors (Lipinski definition) is 4. The van der Waals surface area contributed by atoms with E-state index in [0.29, 0.717) is 24.0 Å². The van der Waals surface area contributed by atoms with E-state index in [1.165, 1.54) is 0 Å². The predicted octanol–water partition coefficient (Wildman–Crippen LogP) is 3.94. The van der Waals surface area contributed by atoms with Crippen LogP contribution in [-0.2, 0) is 9.59 Å². The molecule has 0 heterocycles. The Morgan fingerprint density at radius 1 is 1.24 bits per heavy atom. The molecule has 0 unspecified atom stereocenters. The van der Waals surface area contributed by atoms with Crippen LogP contribution in [0, 0.1) is 34.5 Å². The molecule has 1 N–H and O–H groups in total. The zero-order chi connectivity index (χ0) is 18.0. The third kappa shape index (κ3) is 2.15. The first-order chi connectivity index (χ1) is 11.8. The fourth-order valence-electron chi connectivity index (χ4n) is 6.79.